The smallest absolute Gasteiger partial charge is 0.387 e. The zero-order valence-electron chi connectivity index (χ0n) is 15.7. The van der Waals surface area contributed by atoms with E-state index in [-0.39, 0.29) is 44.0 Å². The van der Waals surface area contributed by atoms with Gasteiger partial charge in [-0.15, -0.1) is 0 Å². The highest BCUT2D eigenvalue weighted by Gasteiger charge is 2.17. The number of anilines is 1. The van der Waals surface area contributed by atoms with Crippen LogP contribution in [-0.4, -0.2) is 25.0 Å². The summed E-state index contributed by atoms with van der Waals surface area (Å²) in [5, 5.41) is 11.4. The van der Waals surface area contributed by atoms with E-state index in [1.54, 1.807) is 42.5 Å². The Balaban J connectivity index is 1.89. The van der Waals surface area contributed by atoms with Gasteiger partial charge in [-0.05, 0) is 18.2 Å². The minimum atomic E-state index is -2.96. The number of amides is 2. The number of nitriles is 1. The second-order valence-electron chi connectivity index (χ2n) is 6.05. The fourth-order valence-corrected chi connectivity index (χ4v) is 2.67. The summed E-state index contributed by atoms with van der Waals surface area (Å²) in [6.07, 6.45) is 0.0711. The molecule has 0 unspecified atom stereocenters. The van der Waals surface area contributed by atoms with E-state index < -0.39 is 12.5 Å². The summed E-state index contributed by atoms with van der Waals surface area (Å²) in [6, 6.07) is 17.1. The van der Waals surface area contributed by atoms with Crippen LogP contribution in [0.2, 0.25) is 0 Å². The molecule has 0 heterocycles. The van der Waals surface area contributed by atoms with Crippen LogP contribution in [0.4, 0.5) is 14.5 Å². The van der Waals surface area contributed by atoms with Gasteiger partial charge < -0.3 is 15.0 Å². The lowest BCUT2D eigenvalue weighted by molar-refractivity contribution is -0.125. The molecule has 0 saturated carbocycles. The average Bonchev–Trinajstić information content (AvgIpc) is 2.72. The van der Waals surface area contributed by atoms with Crippen molar-refractivity contribution in [3.05, 3.63) is 60.2 Å². The molecule has 0 saturated heterocycles. The van der Waals surface area contributed by atoms with Gasteiger partial charge in [0.15, 0.2) is 0 Å². The third-order valence-electron chi connectivity index (χ3n) is 4.05. The largest absolute Gasteiger partial charge is 0.434 e. The van der Waals surface area contributed by atoms with Gasteiger partial charge in [-0.2, -0.15) is 14.0 Å². The lowest BCUT2D eigenvalue weighted by atomic mass is 10.2. The number of halogens is 2. The van der Waals surface area contributed by atoms with E-state index in [1.807, 2.05) is 12.1 Å². The maximum Gasteiger partial charge on any atom is 0.387 e. The summed E-state index contributed by atoms with van der Waals surface area (Å²) < 4.78 is 29.3. The summed E-state index contributed by atoms with van der Waals surface area (Å²) in [5.41, 5.74) is 1.07. The molecule has 152 valence electrons. The van der Waals surface area contributed by atoms with Crippen LogP contribution in [0.1, 0.15) is 24.8 Å². The SMILES string of the molecule is N#CCCN(C(=O)CCC(=O)NCc1ccccc1OC(F)F)c1ccccc1. The van der Waals surface area contributed by atoms with Crippen LogP contribution in [0, 0.1) is 11.3 Å². The molecule has 0 atom stereocenters. The number of hydrogen-bond donors (Lipinski definition) is 1. The third kappa shape index (κ3) is 7.22. The Morgan fingerprint density at radius 3 is 2.45 bits per heavy atom. The summed E-state index contributed by atoms with van der Waals surface area (Å²) >= 11 is 0. The van der Waals surface area contributed by atoms with Crippen LogP contribution in [0.25, 0.3) is 0 Å². The molecule has 1 N–H and O–H groups in total. The van der Waals surface area contributed by atoms with Gasteiger partial charge in [-0.1, -0.05) is 36.4 Å². The van der Waals surface area contributed by atoms with Gasteiger partial charge in [0.05, 0.1) is 12.5 Å². The number of para-hydroxylation sites is 2. The van der Waals surface area contributed by atoms with Crippen molar-refractivity contribution in [1.82, 2.24) is 5.32 Å². The van der Waals surface area contributed by atoms with Crippen LogP contribution in [-0.2, 0) is 16.1 Å². The lowest BCUT2D eigenvalue weighted by Crippen LogP contribution is -2.33. The van der Waals surface area contributed by atoms with Crippen molar-refractivity contribution in [2.24, 2.45) is 0 Å². The van der Waals surface area contributed by atoms with E-state index in [2.05, 4.69) is 10.1 Å². The van der Waals surface area contributed by atoms with Gasteiger partial charge in [0, 0.05) is 37.2 Å². The van der Waals surface area contributed by atoms with Gasteiger partial charge in [0.25, 0.3) is 0 Å². The zero-order valence-corrected chi connectivity index (χ0v) is 15.7. The molecule has 2 rings (SSSR count). The maximum absolute atomic E-state index is 12.5. The molecule has 0 aliphatic carbocycles. The number of hydrogen-bond acceptors (Lipinski definition) is 4. The van der Waals surface area contributed by atoms with Crippen LogP contribution >= 0.6 is 0 Å². The molecule has 0 fully saturated rings. The average molecular weight is 401 g/mol. The minimum Gasteiger partial charge on any atom is -0.434 e. The second kappa shape index (κ2) is 11.4. The van der Waals surface area contributed by atoms with E-state index in [1.165, 1.54) is 11.0 Å². The maximum atomic E-state index is 12.5. The highest BCUT2D eigenvalue weighted by molar-refractivity contribution is 5.95. The van der Waals surface area contributed by atoms with Crippen LogP contribution in [0.5, 0.6) is 5.75 Å². The van der Waals surface area contributed by atoms with Crippen molar-refractivity contribution in [2.75, 3.05) is 11.4 Å². The molecule has 0 spiro atoms. The highest BCUT2D eigenvalue weighted by Crippen LogP contribution is 2.20. The number of carbonyl (C=O) groups is 2. The minimum absolute atomic E-state index is 0.00670. The van der Waals surface area contributed by atoms with Gasteiger partial charge in [0.1, 0.15) is 5.75 Å². The summed E-state index contributed by atoms with van der Waals surface area (Å²) in [5.74, 6) is -0.674. The zero-order chi connectivity index (χ0) is 21.1. The first kappa shape index (κ1) is 21.8. The molecule has 29 heavy (non-hydrogen) atoms. The van der Waals surface area contributed by atoms with Crippen molar-refractivity contribution in [3.8, 4) is 11.8 Å². The summed E-state index contributed by atoms with van der Waals surface area (Å²) in [7, 11) is 0. The Labute approximate surface area is 167 Å². The van der Waals surface area contributed by atoms with Gasteiger partial charge >= 0.3 is 6.61 Å². The lowest BCUT2D eigenvalue weighted by Gasteiger charge is -2.21. The first-order valence-electron chi connectivity index (χ1n) is 9.03. The van der Waals surface area contributed by atoms with Gasteiger partial charge in [-0.25, -0.2) is 0 Å². The molecule has 2 amide bonds. The van der Waals surface area contributed by atoms with Crippen molar-refractivity contribution in [3.63, 3.8) is 0 Å². The van der Waals surface area contributed by atoms with Crippen molar-refractivity contribution < 1.29 is 23.1 Å². The monoisotopic (exact) mass is 401 g/mol. The second-order valence-corrected chi connectivity index (χ2v) is 6.05. The van der Waals surface area contributed by atoms with Crippen LogP contribution in [0.15, 0.2) is 54.6 Å². The molecular weight excluding hydrogens is 380 g/mol. The number of ether oxygens (including phenoxy) is 1. The quantitative estimate of drug-likeness (QED) is 0.659. The Kier molecular flexibility index (Phi) is 8.57. The molecule has 0 radical (unpaired) electrons. The Hall–Kier alpha value is -3.47. The third-order valence-corrected chi connectivity index (χ3v) is 4.05. The predicted octanol–water partition coefficient (Wildman–Crippen LogP) is 3.63. The molecule has 2 aromatic rings. The molecule has 2 aromatic carbocycles. The highest BCUT2D eigenvalue weighted by atomic mass is 19.3. The van der Waals surface area contributed by atoms with E-state index in [0.29, 0.717) is 11.3 Å². The Bertz CT molecular complexity index is 854. The number of benzene rings is 2. The first-order valence-corrected chi connectivity index (χ1v) is 9.03. The molecule has 6 nitrogen and oxygen atoms in total. The fraction of sp³-hybridized carbons (Fsp3) is 0.286. The Morgan fingerprint density at radius 1 is 1.07 bits per heavy atom. The molecule has 0 bridgehead atoms. The topological polar surface area (TPSA) is 82.4 Å². The number of carbonyl (C=O) groups excluding carboxylic acids is 2. The normalized spacial score (nSPS) is 10.3. The number of alkyl halides is 2. The molecule has 0 aromatic heterocycles. The Morgan fingerprint density at radius 2 is 1.76 bits per heavy atom. The summed E-state index contributed by atoms with van der Waals surface area (Å²) in [6.45, 7) is -2.71. The fourth-order valence-electron chi connectivity index (χ4n) is 2.67. The van der Waals surface area contributed by atoms with Crippen LogP contribution < -0.4 is 15.0 Å². The molecular formula is C21H21F2N3O3. The number of rotatable bonds is 10. The van der Waals surface area contributed by atoms with Crippen molar-refractivity contribution in [2.45, 2.75) is 32.4 Å². The van der Waals surface area contributed by atoms with Crippen molar-refractivity contribution in [1.29, 1.82) is 5.26 Å². The number of nitrogens with zero attached hydrogens (tertiary/aromatic N) is 2. The standard InChI is InChI=1S/C21H21F2N3O3/c22-21(23)29-18-10-5-4-7-16(18)15-25-19(27)11-12-20(28)26(14-6-13-24)17-8-2-1-3-9-17/h1-5,7-10,21H,6,11-12,14-15H2,(H,25,27). The summed E-state index contributed by atoms with van der Waals surface area (Å²) in [4.78, 5) is 26.1. The molecule has 0 aliphatic heterocycles. The molecule has 0 aliphatic rings. The van der Waals surface area contributed by atoms with E-state index in [9.17, 15) is 18.4 Å². The van der Waals surface area contributed by atoms with Crippen molar-refractivity contribution >= 4 is 17.5 Å². The van der Waals surface area contributed by atoms with Crippen LogP contribution in [0.3, 0.4) is 0 Å². The van der Waals surface area contributed by atoms with Gasteiger partial charge in [0.2, 0.25) is 11.8 Å². The van der Waals surface area contributed by atoms with E-state index in [4.69, 9.17) is 5.26 Å². The predicted molar refractivity (Wildman–Crippen MR) is 103 cm³/mol. The number of nitrogens with one attached hydrogen (secondary N) is 1. The van der Waals surface area contributed by atoms with E-state index in [0.717, 1.165) is 0 Å². The van der Waals surface area contributed by atoms with E-state index >= 15 is 0 Å². The van der Waals surface area contributed by atoms with Gasteiger partial charge in [-0.3, -0.25) is 9.59 Å². The molecule has 8 heteroatoms. The first-order chi connectivity index (χ1) is 14.0.